The van der Waals surface area contributed by atoms with E-state index in [0.717, 1.165) is 17.2 Å². The van der Waals surface area contributed by atoms with E-state index in [1.165, 1.54) is 11.1 Å². The topological polar surface area (TPSA) is 133 Å². The van der Waals surface area contributed by atoms with Crippen LogP contribution in [-0.2, 0) is 57.6 Å². The first kappa shape index (κ1) is 30.8. The molecule has 1 spiro atoms. The standard InChI is InChI=1S/C32H31F3N2O9/c33-32(34,35)17-42-23(39)10-9-18-5-7-19(8-6-18)16-37-26-28(40)43-22-15-31(26,29(41)36-11-12-38)27(46-37)25-24(22)44-30(45-25)13-20-3-1-2-4-21(20)14-30/h1-10,22,24-27,38H,11-17H2,(H,36,41). The first-order valence-corrected chi connectivity index (χ1v) is 15.0. The van der Waals surface area contributed by atoms with Crippen molar-refractivity contribution in [1.29, 1.82) is 0 Å². The highest BCUT2D eigenvalue weighted by Gasteiger charge is 2.76. The van der Waals surface area contributed by atoms with Crippen LogP contribution in [0.4, 0.5) is 13.2 Å². The number of hydroxylamine groups is 2. The molecule has 0 aromatic heterocycles. The van der Waals surface area contributed by atoms with Crippen LogP contribution >= 0.6 is 0 Å². The number of alkyl halides is 3. The van der Waals surface area contributed by atoms with E-state index in [1.807, 2.05) is 24.3 Å². The number of hydrogen-bond donors (Lipinski definition) is 2. The fourth-order valence-electron chi connectivity index (χ4n) is 7.37. The molecular formula is C32H31F3N2O9. The summed E-state index contributed by atoms with van der Waals surface area (Å²) >= 11 is 0. The molecule has 0 radical (unpaired) electrons. The number of aliphatic hydroxyl groups is 1. The zero-order valence-corrected chi connectivity index (χ0v) is 24.4. The van der Waals surface area contributed by atoms with E-state index in [4.69, 9.17) is 19.0 Å². The number of carbonyl (C=O) groups excluding carboxylic acids is 3. The van der Waals surface area contributed by atoms with Gasteiger partial charge < -0.3 is 29.4 Å². The molecule has 2 N–H and O–H groups in total. The van der Waals surface area contributed by atoms with Crippen LogP contribution in [-0.4, -0.2) is 90.2 Å². The van der Waals surface area contributed by atoms with Crippen LogP contribution in [0.3, 0.4) is 0 Å². The lowest BCUT2D eigenvalue weighted by Crippen LogP contribution is -2.69. The summed E-state index contributed by atoms with van der Waals surface area (Å²) in [7, 11) is 0. The minimum atomic E-state index is -4.62. The Hall–Kier alpha value is -3.82. The van der Waals surface area contributed by atoms with Gasteiger partial charge >= 0.3 is 18.1 Å². The van der Waals surface area contributed by atoms with Gasteiger partial charge in [-0.25, -0.2) is 4.79 Å². The van der Waals surface area contributed by atoms with Crippen molar-refractivity contribution in [2.24, 2.45) is 5.41 Å². The largest absolute Gasteiger partial charge is 0.458 e. The van der Waals surface area contributed by atoms with Gasteiger partial charge in [-0.15, -0.1) is 0 Å². The maximum Gasteiger partial charge on any atom is 0.422 e. The summed E-state index contributed by atoms with van der Waals surface area (Å²) in [4.78, 5) is 45.6. The Balaban J connectivity index is 1.13. The predicted molar refractivity (Wildman–Crippen MR) is 150 cm³/mol. The van der Waals surface area contributed by atoms with E-state index in [9.17, 15) is 32.7 Å². The SMILES string of the molecule is O=C(C=Cc1ccc(CN2OC3C4OC5(Cc6ccccc6C5)OC4C4CC3(C(=O)NCCO)C2C(=O)O4)cc1)OCC(F)(F)F. The number of benzene rings is 2. The summed E-state index contributed by atoms with van der Waals surface area (Å²) in [6, 6.07) is 13.5. The van der Waals surface area contributed by atoms with Crippen molar-refractivity contribution in [3.63, 3.8) is 0 Å². The monoisotopic (exact) mass is 644 g/mol. The Morgan fingerprint density at radius 1 is 1.07 bits per heavy atom. The van der Waals surface area contributed by atoms with E-state index >= 15 is 0 Å². The predicted octanol–water partition coefficient (Wildman–Crippen LogP) is 1.99. The minimum absolute atomic E-state index is 0.0107. The van der Waals surface area contributed by atoms with Crippen molar-refractivity contribution in [3.8, 4) is 0 Å². The third-order valence-corrected chi connectivity index (χ3v) is 9.22. The molecule has 3 heterocycles. The lowest BCUT2D eigenvalue weighted by atomic mass is 9.62. The minimum Gasteiger partial charge on any atom is -0.458 e. The van der Waals surface area contributed by atoms with E-state index in [0.29, 0.717) is 24.0 Å². The number of nitrogens with zero attached hydrogens (tertiary/aromatic N) is 1. The second-order valence-corrected chi connectivity index (χ2v) is 12.2. The van der Waals surface area contributed by atoms with Crippen LogP contribution in [0.5, 0.6) is 0 Å². The second kappa shape index (κ2) is 11.5. The summed E-state index contributed by atoms with van der Waals surface area (Å²) in [6.07, 6.45) is -4.28. The summed E-state index contributed by atoms with van der Waals surface area (Å²) in [5.74, 6) is -3.20. The van der Waals surface area contributed by atoms with Crippen LogP contribution in [0.2, 0.25) is 0 Å². The molecule has 1 saturated carbocycles. The van der Waals surface area contributed by atoms with E-state index < -0.39 is 72.3 Å². The number of esters is 2. The molecule has 3 aliphatic heterocycles. The number of rotatable bonds is 8. The molecule has 2 aliphatic carbocycles. The highest BCUT2D eigenvalue weighted by atomic mass is 19.4. The quantitative estimate of drug-likeness (QED) is 0.325. The molecule has 4 fully saturated rings. The van der Waals surface area contributed by atoms with Crippen LogP contribution in [0, 0.1) is 5.41 Å². The van der Waals surface area contributed by atoms with Gasteiger partial charge in [-0.3, -0.25) is 14.4 Å². The lowest BCUT2D eigenvalue weighted by molar-refractivity contribution is -0.217. The van der Waals surface area contributed by atoms with Gasteiger partial charge in [0, 0.05) is 31.9 Å². The molecular weight excluding hydrogens is 613 g/mol. The highest BCUT2D eigenvalue weighted by molar-refractivity contribution is 5.93. The molecule has 2 aromatic rings. The summed E-state index contributed by atoms with van der Waals surface area (Å²) < 4.78 is 60.2. The molecule has 6 atom stereocenters. The molecule has 2 bridgehead atoms. The molecule has 14 heteroatoms. The fraction of sp³-hybridized carbons (Fsp3) is 0.469. The fourth-order valence-corrected chi connectivity index (χ4v) is 7.37. The molecule has 11 nitrogen and oxygen atoms in total. The molecule has 6 unspecified atom stereocenters. The lowest BCUT2D eigenvalue weighted by Gasteiger charge is -2.48. The molecule has 7 rings (SSSR count). The molecule has 3 saturated heterocycles. The van der Waals surface area contributed by atoms with Gasteiger partial charge in [0.1, 0.15) is 29.8 Å². The average Bonchev–Trinajstić information content (AvgIpc) is 3.69. The molecule has 5 aliphatic rings. The zero-order chi connectivity index (χ0) is 32.3. The third-order valence-electron chi connectivity index (χ3n) is 9.22. The number of ether oxygens (including phenoxy) is 4. The van der Waals surface area contributed by atoms with Gasteiger partial charge in [-0.05, 0) is 28.3 Å². The van der Waals surface area contributed by atoms with Crippen molar-refractivity contribution >= 4 is 23.9 Å². The smallest absolute Gasteiger partial charge is 0.422 e. The number of amides is 1. The zero-order valence-electron chi connectivity index (χ0n) is 24.4. The van der Waals surface area contributed by atoms with Crippen molar-refractivity contribution in [1.82, 2.24) is 10.4 Å². The number of nitrogens with one attached hydrogen (secondary N) is 1. The Morgan fingerprint density at radius 3 is 2.43 bits per heavy atom. The first-order chi connectivity index (χ1) is 22.0. The second-order valence-electron chi connectivity index (χ2n) is 12.2. The number of carbonyl (C=O) groups is 3. The number of fused-ring (bicyclic) bond motifs is 5. The van der Waals surface area contributed by atoms with Gasteiger partial charge in [0.05, 0.1) is 13.2 Å². The number of halogens is 3. The van der Waals surface area contributed by atoms with Crippen molar-refractivity contribution < 1.29 is 56.4 Å². The van der Waals surface area contributed by atoms with E-state index in [2.05, 4.69) is 10.1 Å². The van der Waals surface area contributed by atoms with Crippen LogP contribution in [0.15, 0.2) is 54.6 Å². The molecule has 2 aromatic carbocycles. The number of aliphatic hydroxyl groups excluding tert-OH is 1. The average molecular weight is 645 g/mol. The summed E-state index contributed by atoms with van der Waals surface area (Å²) in [5.41, 5.74) is 2.01. The highest BCUT2D eigenvalue weighted by Crippen LogP contribution is 2.58. The van der Waals surface area contributed by atoms with E-state index in [-0.39, 0.29) is 26.1 Å². The summed E-state index contributed by atoms with van der Waals surface area (Å²) in [6.45, 7) is -1.90. The van der Waals surface area contributed by atoms with Crippen molar-refractivity contribution in [2.75, 3.05) is 19.8 Å². The molecule has 1 amide bonds. The normalized spacial score (nSPS) is 30.7. The van der Waals surface area contributed by atoms with Gasteiger partial charge in [-0.2, -0.15) is 18.2 Å². The molecule has 46 heavy (non-hydrogen) atoms. The van der Waals surface area contributed by atoms with Crippen LogP contribution in [0.25, 0.3) is 6.08 Å². The summed E-state index contributed by atoms with van der Waals surface area (Å²) in [5, 5.41) is 13.6. The number of hydrogen-bond acceptors (Lipinski definition) is 10. The van der Waals surface area contributed by atoms with Gasteiger partial charge in [-0.1, -0.05) is 48.5 Å². The first-order valence-electron chi connectivity index (χ1n) is 15.0. The maximum atomic E-state index is 13.9. The van der Waals surface area contributed by atoms with Crippen LogP contribution in [0.1, 0.15) is 28.7 Å². The maximum absolute atomic E-state index is 13.9. The van der Waals surface area contributed by atoms with Crippen LogP contribution < -0.4 is 5.32 Å². The van der Waals surface area contributed by atoms with Crippen molar-refractivity contribution in [3.05, 3.63) is 76.9 Å². The van der Waals surface area contributed by atoms with Gasteiger partial charge in [0.15, 0.2) is 18.4 Å². The van der Waals surface area contributed by atoms with Crippen molar-refractivity contribution in [2.45, 2.75) is 68.2 Å². The Morgan fingerprint density at radius 2 is 1.76 bits per heavy atom. The Bertz CT molecular complexity index is 1540. The Kier molecular flexibility index (Phi) is 7.67. The third kappa shape index (κ3) is 5.37. The van der Waals surface area contributed by atoms with Gasteiger partial charge in [0.2, 0.25) is 5.91 Å². The van der Waals surface area contributed by atoms with E-state index in [1.54, 1.807) is 24.3 Å². The molecule has 244 valence electrons. The van der Waals surface area contributed by atoms with Gasteiger partial charge in [0.25, 0.3) is 0 Å². The Labute approximate surface area is 261 Å².